The molecule has 1 heterocycles. The summed E-state index contributed by atoms with van der Waals surface area (Å²) in [5.41, 5.74) is 0.600. The topological polar surface area (TPSA) is 123 Å². The Hall–Kier alpha value is -2.89. The summed E-state index contributed by atoms with van der Waals surface area (Å²) < 4.78 is 26.9. The third kappa shape index (κ3) is 4.26. The Balaban J connectivity index is 1.79. The summed E-state index contributed by atoms with van der Waals surface area (Å²) in [4.78, 5) is 27.1. The zero-order chi connectivity index (χ0) is 21.3. The maximum Gasteiger partial charge on any atom is 0.271 e. The van der Waals surface area contributed by atoms with Crippen LogP contribution in [0.3, 0.4) is 0 Å². The van der Waals surface area contributed by atoms with Crippen LogP contribution >= 0.6 is 11.3 Å². The third-order valence-electron chi connectivity index (χ3n) is 4.32. The van der Waals surface area contributed by atoms with Crippen molar-refractivity contribution in [3.8, 4) is 0 Å². The van der Waals surface area contributed by atoms with Crippen LogP contribution in [0.2, 0.25) is 0 Å². The lowest BCUT2D eigenvalue weighted by molar-refractivity contribution is -0.384. The first-order chi connectivity index (χ1) is 13.6. The molecule has 0 spiro atoms. The van der Waals surface area contributed by atoms with Gasteiger partial charge in [0.05, 0.1) is 20.0 Å². The number of sulfonamides is 1. The molecule has 0 radical (unpaired) electrons. The zero-order valence-corrected chi connectivity index (χ0v) is 17.5. The molecule has 0 saturated heterocycles. The van der Waals surface area contributed by atoms with Gasteiger partial charge in [-0.25, -0.2) is 13.4 Å². The lowest BCUT2D eigenvalue weighted by atomic mass is 10.2. The number of nitrogens with one attached hydrogen (secondary N) is 1. The van der Waals surface area contributed by atoms with E-state index >= 15 is 0 Å². The van der Waals surface area contributed by atoms with Crippen molar-refractivity contribution in [2.24, 2.45) is 0 Å². The van der Waals surface area contributed by atoms with E-state index in [0.29, 0.717) is 15.3 Å². The van der Waals surface area contributed by atoms with Crippen molar-refractivity contribution in [2.45, 2.75) is 24.8 Å². The number of carbonyl (C=O) groups excluding carboxylic acids is 1. The molecular weight excluding hydrogens is 416 g/mol. The third-order valence-corrected chi connectivity index (χ3v) is 7.32. The summed E-state index contributed by atoms with van der Waals surface area (Å²) in [5, 5.41) is 13.8. The molecule has 9 nitrogen and oxygen atoms in total. The Morgan fingerprint density at radius 2 is 1.86 bits per heavy atom. The van der Waals surface area contributed by atoms with Crippen molar-refractivity contribution in [2.75, 3.05) is 12.4 Å². The van der Waals surface area contributed by atoms with Crippen LogP contribution in [-0.2, 0) is 10.0 Å². The van der Waals surface area contributed by atoms with Crippen LogP contribution in [0.4, 0.5) is 10.8 Å². The molecule has 3 rings (SSSR count). The number of hydrogen-bond acceptors (Lipinski definition) is 7. The van der Waals surface area contributed by atoms with Gasteiger partial charge in [-0.2, -0.15) is 4.31 Å². The number of nitro groups is 1. The number of benzene rings is 2. The van der Waals surface area contributed by atoms with Gasteiger partial charge in [0, 0.05) is 30.8 Å². The van der Waals surface area contributed by atoms with Crippen molar-refractivity contribution in [1.29, 1.82) is 0 Å². The summed E-state index contributed by atoms with van der Waals surface area (Å²) >= 11 is 1.19. The minimum absolute atomic E-state index is 0.0798. The molecule has 0 aliphatic carbocycles. The number of hydrogen-bond donors (Lipinski definition) is 1. The molecule has 0 aliphatic rings. The van der Waals surface area contributed by atoms with Crippen LogP contribution in [0.1, 0.15) is 24.2 Å². The fraction of sp³-hybridized carbons (Fsp3) is 0.222. The van der Waals surface area contributed by atoms with Crippen LogP contribution in [0.15, 0.2) is 47.4 Å². The highest BCUT2D eigenvalue weighted by Crippen LogP contribution is 2.29. The van der Waals surface area contributed by atoms with Crippen LogP contribution in [0.5, 0.6) is 0 Å². The SMILES string of the molecule is CC(C)N(C)S(=O)(=O)c1ccc(C(=O)Nc2nc3cc([N+](=O)[O-])ccc3s2)cc1. The molecule has 0 fully saturated rings. The molecule has 3 aromatic rings. The molecule has 0 bridgehead atoms. The molecule has 29 heavy (non-hydrogen) atoms. The molecule has 0 saturated carbocycles. The number of rotatable bonds is 6. The van der Waals surface area contributed by atoms with Crippen molar-refractivity contribution in [3.63, 3.8) is 0 Å². The van der Waals surface area contributed by atoms with E-state index in [1.165, 1.54) is 59.1 Å². The van der Waals surface area contributed by atoms with Gasteiger partial charge in [0.1, 0.15) is 0 Å². The van der Waals surface area contributed by atoms with Gasteiger partial charge in [-0.15, -0.1) is 0 Å². The predicted molar refractivity (Wildman–Crippen MR) is 111 cm³/mol. The zero-order valence-electron chi connectivity index (χ0n) is 15.8. The van der Waals surface area contributed by atoms with Gasteiger partial charge < -0.3 is 0 Å². The van der Waals surface area contributed by atoms with Crippen molar-refractivity contribution >= 4 is 48.3 Å². The summed E-state index contributed by atoms with van der Waals surface area (Å²) in [7, 11) is -2.13. The Morgan fingerprint density at radius 3 is 2.45 bits per heavy atom. The Morgan fingerprint density at radius 1 is 1.21 bits per heavy atom. The number of nitrogens with zero attached hydrogens (tertiary/aromatic N) is 3. The van der Waals surface area contributed by atoms with E-state index in [1.807, 2.05) is 0 Å². The smallest absolute Gasteiger partial charge is 0.271 e. The highest BCUT2D eigenvalue weighted by Gasteiger charge is 2.23. The number of anilines is 1. The molecule has 1 aromatic heterocycles. The first kappa shape index (κ1) is 20.8. The normalized spacial score (nSPS) is 11.9. The van der Waals surface area contributed by atoms with Crippen LogP contribution in [0.25, 0.3) is 10.2 Å². The number of carbonyl (C=O) groups is 1. The van der Waals surface area contributed by atoms with E-state index in [-0.39, 0.29) is 22.2 Å². The van der Waals surface area contributed by atoms with Gasteiger partial charge in [0.2, 0.25) is 10.0 Å². The standard InChI is InChI=1S/C18H18N4O5S2/c1-11(2)21(3)29(26,27)14-7-4-12(5-8-14)17(23)20-18-19-15-10-13(22(24)25)6-9-16(15)28-18/h4-11H,1-3H3,(H,19,20,23). The fourth-order valence-corrected chi connectivity index (χ4v) is 4.68. The second-order valence-corrected chi connectivity index (χ2v) is 9.55. The van der Waals surface area contributed by atoms with E-state index in [4.69, 9.17) is 0 Å². The quantitative estimate of drug-likeness (QED) is 0.468. The lowest BCUT2D eigenvalue weighted by Crippen LogP contribution is -2.33. The summed E-state index contributed by atoms with van der Waals surface area (Å²) in [6.45, 7) is 3.54. The largest absolute Gasteiger partial charge is 0.298 e. The van der Waals surface area contributed by atoms with Crippen LogP contribution < -0.4 is 5.32 Å². The average Bonchev–Trinajstić information content (AvgIpc) is 3.08. The molecule has 1 amide bonds. The number of amides is 1. The van der Waals surface area contributed by atoms with Crippen LogP contribution in [-0.4, -0.2) is 41.6 Å². The van der Waals surface area contributed by atoms with E-state index in [2.05, 4.69) is 10.3 Å². The van der Waals surface area contributed by atoms with E-state index in [1.54, 1.807) is 19.9 Å². The highest BCUT2D eigenvalue weighted by atomic mass is 32.2. The first-order valence-corrected chi connectivity index (χ1v) is 10.8. The van der Waals surface area contributed by atoms with Gasteiger partial charge in [-0.3, -0.25) is 20.2 Å². The van der Waals surface area contributed by atoms with Crippen molar-refractivity contribution in [1.82, 2.24) is 9.29 Å². The minimum Gasteiger partial charge on any atom is -0.298 e. The fourth-order valence-electron chi connectivity index (χ4n) is 2.47. The van der Waals surface area contributed by atoms with E-state index in [0.717, 1.165) is 0 Å². The van der Waals surface area contributed by atoms with Crippen molar-refractivity contribution in [3.05, 3.63) is 58.1 Å². The molecular formula is C18H18N4O5S2. The minimum atomic E-state index is -3.63. The van der Waals surface area contributed by atoms with E-state index < -0.39 is 20.9 Å². The monoisotopic (exact) mass is 434 g/mol. The Labute approximate surface area is 171 Å². The van der Waals surface area contributed by atoms with Gasteiger partial charge in [0.15, 0.2) is 5.13 Å². The maximum atomic E-state index is 12.5. The number of nitro benzene ring substituents is 1. The second kappa shape index (κ2) is 7.85. The highest BCUT2D eigenvalue weighted by molar-refractivity contribution is 7.89. The number of fused-ring (bicyclic) bond motifs is 1. The number of aromatic nitrogens is 1. The second-order valence-electron chi connectivity index (χ2n) is 6.52. The predicted octanol–water partition coefficient (Wildman–Crippen LogP) is 3.49. The Kier molecular flexibility index (Phi) is 5.64. The molecule has 152 valence electrons. The molecule has 0 atom stereocenters. The average molecular weight is 434 g/mol. The van der Waals surface area contributed by atoms with Crippen molar-refractivity contribution < 1.29 is 18.1 Å². The lowest BCUT2D eigenvalue weighted by Gasteiger charge is -2.20. The summed E-state index contributed by atoms with van der Waals surface area (Å²) in [6.07, 6.45) is 0. The van der Waals surface area contributed by atoms with Gasteiger partial charge in [0.25, 0.3) is 11.6 Å². The van der Waals surface area contributed by atoms with Gasteiger partial charge in [-0.05, 0) is 44.2 Å². The molecule has 1 N–H and O–H groups in total. The molecule has 0 aliphatic heterocycles. The van der Waals surface area contributed by atoms with Gasteiger partial charge >= 0.3 is 0 Å². The summed E-state index contributed by atoms with van der Waals surface area (Å²) in [6, 6.07) is 9.70. The van der Waals surface area contributed by atoms with E-state index in [9.17, 15) is 23.3 Å². The maximum absolute atomic E-state index is 12.5. The molecule has 2 aromatic carbocycles. The summed E-state index contributed by atoms with van der Waals surface area (Å²) in [5.74, 6) is -0.459. The number of non-ortho nitro benzene ring substituents is 1. The Bertz CT molecular complexity index is 1190. The first-order valence-electron chi connectivity index (χ1n) is 8.54. The van der Waals surface area contributed by atoms with Gasteiger partial charge in [-0.1, -0.05) is 11.3 Å². The van der Waals surface area contributed by atoms with Crippen LogP contribution in [0, 0.1) is 10.1 Å². The molecule has 0 unspecified atom stereocenters. The number of thiazole rings is 1. The molecule has 11 heteroatoms.